The van der Waals surface area contributed by atoms with Gasteiger partial charge in [-0.05, 0) is 32.6 Å². The van der Waals surface area contributed by atoms with Gasteiger partial charge < -0.3 is 15.5 Å². The van der Waals surface area contributed by atoms with Crippen LogP contribution in [0.5, 0.6) is 0 Å². The molecule has 0 saturated carbocycles. The molecule has 162 valence electrons. The van der Waals surface area contributed by atoms with Crippen molar-refractivity contribution in [2.24, 2.45) is 4.99 Å². The number of sulfonamides is 1. The standard InChI is InChI=1S/C16H28F3N5O3S/c1-2-20-15(21-8-5-14(25)23-9-3-4-10-23)22-13-6-11-24(12-7-13)28(26,27)16(17,18)19/h13H,2-12H2,1H3,(H2,20,21,22). The lowest BCUT2D eigenvalue weighted by atomic mass is 10.1. The lowest BCUT2D eigenvalue weighted by Gasteiger charge is -2.32. The number of alkyl halides is 3. The molecule has 0 aliphatic carbocycles. The van der Waals surface area contributed by atoms with Crippen LogP contribution in [-0.2, 0) is 14.8 Å². The van der Waals surface area contributed by atoms with Crippen molar-refractivity contribution in [1.29, 1.82) is 0 Å². The molecule has 2 rings (SSSR count). The number of aliphatic imine (C=N–C) groups is 1. The van der Waals surface area contributed by atoms with E-state index in [0.717, 1.165) is 25.9 Å². The zero-order chi connectivity index (χ0) is 20.8. The topological polar surface area (TPSA) is 94.1 Å². The molecular weight excluding hydrogens is 399 g/mol. The molecule has 28 heavy (non-hydrogen) atoms. The third-order valence-electron chi connectivity index (χ3n) is 4.83. The van der Waals surface area contributed by atoms with E-state index < -0.39 is 15.5 Å². The van der Waals surface area contributed by atoms with Gasteiger partial charge in [0, 0.05) is 45.2 Å². The molecule has 0 aromatic carbocycles. The lowest BCUT2D eigenvalue weighted by molar-refractivity contribution is -0.129. The van der Waals surface area contributed by atoms with Crippen molar-refractivity contribution in [2.45, 2.75) is 50.6 Å². The normalized spacial score (nSPS) is 20.4. The van der Waals surface area contributed by atoms with Crippen LogP contribution in [0.3, 0.4) is 0 Å². The summed E-state index contributed by atoms with van der Waals surface area (Å²) in [4.78, 5) is 18.2. The Bertz CT molecular complexity index is 655. The number of hydrogen-bond donors (Lipinski definition) is 2. The highest BCUT2D eigenvalue weighted by atomic mass is 32.2. The molecule has 8 nitrogen and oxygen atoms in total. The lowest BCUT2D eigenvalue weighted by Crippen LogP contribution is -2.51. The maximum absolute atomic E-state index is 12.6. The van der Waals surface area contributed by atoms with Gasteiger partial charge in [0.05, 0.1) is 6.54 Å². The van der Waals surface area contributed by atoms with Gasteiger partial charge in [0.15, 0.2) is 5.96 Å². The van der Waals surface area contributed by atoms with E-state index in [1.165, 1.54) is 0 Å². The number of halogens is 3. The third-order valence-corrected chi connectivity index (χ3v) is 6.46. The van der Waals surface area contributed by atoms with Crippen LogP contribution in [-0.4, -0.2) is 80.3 Å². The SMILES string of the molecule is CCNC(=NCCC(=O)N1CCCC1)NC1CCN(S(=O)(=O)C(F)(F)F)CC1. The zero-order valence-electron chi connectivity index (χ0n) is 16.0. The maximum Gasteiger partial charge on any atom is 0.511 e. The fraction of sp³-hybridized carbons (Fsp3) is 0.875. The molecule has 2 fully saturated rings. The molecular formula is C16H28F3N5O3S. The summed E-state index contributed by atoms with van der Waals surface area (Å²) < 4.78 is 61.3. The van der Waals surface area contributed by atoms with Gasteiger partial charge in [0.25, 0.3) is 0 Å². The van der Waals surface area contributed by atoms with Crippen molar-refractivity contribution in [3.05, 3.63) is 0 Å². The molecule has 1 amide bonds. The van der Waals surface area contributed by atoms with Gasteiger partial charge >= 0.3 is 15.5 Å². The first-order chi connectivity index (χ1) is 13.1. The number of rotatable bonds is 6. The van der Waals surface area contributed by atoms with E-state index in [0.29, 0.717) is 29.8 Å². The predicted molar refractivity (Wildman–Crippen MR) is 99.1 cm³/mol. The average molecular weight is 427 g/mol. The second-order valence-corrected chi connectivity index (χ2v) is 8.80. The number of guanidine groups is 1. The summed E-state index contributed by atoms with van der Waals surface area (Å²) in [5.41, 5.74) is -5.27. The zero-order valence-corrected chi connectivity index (χ0v) is 16.8. The second-order valence-electron chi connectivity index (χ2n) is 6.87. The fourth-order valence-corrected chi connectivity index (χ4v) is 4.27. The van der Waals surface area contributed by atoms with Gasteiger partial charge in [-0.15, -0.1) is 0 Å². The highest BCUT2D eigenvalue weighted by Crippen LogP contribution is 2.28. The van der Waals surface area contributed by atoms with Gasteiger partial charge in [-0.1, -0.05) is 0 Å². The Kier molecular flexibility index (Phi) is 7.93. The van der Waals surface area contributed by atoms with E-state index in [1.54, 1.807) is 0 Å². The van der Waals surface area contributed by atoms with Crippen molar-refractivity contribution in [3.63, 3.8) is 0 Å². The number of nitrogens with zero attached hydrogens (tertiary/aromatic N) is 3. The molecule has 0 spiro atoms. The smallest absolute Gasteiger partial charge is 0.357 e. The average Bonchev–Trinajstić information content (AvgIpc) is 3.16. The van der Waals surface area contributed by atoms with E-state index in [1.807, 2.05) is 11.8 Å². The molecule has 2 aliphatic heterocycles. The first-order valence-electron chi connectivity index (χ1n) is 9.54. The minimum Gasteiger partial charge on any atom is -0.357 e. The van der Waals surface area contributed by atoms with Crippen molar-refractivity contribution >= 4 is 21.9 Å². The summed E-state index contributed by atoms with van der Waals surface area (Å²) >= 11 is 0. The maximum atomic E-state index is 12.6. The van der Waals surface area contributed by atoms with Crippen LogP contribution in [0.15, 0.2) is 4.99 Å². The van der Waals surface area contributed by atoms with Crippen molar-refractivity contribution in [2.75, 3.05) is 39.3 Å². The van der Waals surface area contributed by atoms with E-state index >= 15 is 0 Å². The quantitative estimate of drug-likeness (QED) is 0.485. The number of likely N-dealkylation sites (tertiary alicyclic amines) is 1. The van der Waals surface area contributed by atoms with E-state index in [2.05, 4.69) is 15.6 Å². The molecule has 0 unspecified atom stereocenters. The Hall–Kier alpha value is -1.56. The van der Waals surface area contributed by atoms with Gasteiger partial charge in [0.2, 0.25) is 5.91 Å². The minimum atomic E-state index is -5.28. The van der Waals surface area contributed by atoms with E-state index in [9.17, 15) is 26.4 Å². The third kappa shape index (κ3) is 5.97. The highest BCUT2D eigenvalue weighted by Gasteiger charge is 2.50. The van der Waals surface area contributed by atoms with Crippen LogP contribution < -0.4 is 10.6 Å². The molecule has 0 bridgehead atoms. The minimum absolute atomic E-state index is 0.0720. The van der Waals surface area contributed by atoms with Crippen molar-refractivity contribution < 1.29 is 26.4 Å². The largest absolute Gasteiger partial charge is 0.511 e. The van der Waals surface area contributed by atoms with Gasteiger partial charge in [-0.3, -0.25) is 9.79 Å². The number of amides is 1. The molecule has 0 atom stereocenters. The Morgan fingerprint density at radius 2 is 1.75 bits per heavy atom. The van der Waals surface area contributed by atoms with Crippen LogP contribution in [0, 0.1) is 0 Å². The number of carbonyl (C=O) groups excluding carboxylic acids is 1. The number of nitrogens with one attached hydrogen (secondary N) is 2. The van der Waals surface area contributed by atoms with E-state index in [-0.39, 0.29) is 37.9 Å². The summed E-state index contributed by atoms with van der Waals surface area (Å²) in [6, 6.07) is -0.188. The summed E-state index contributed by atoms with van der Waals surface area (Å²) in [6.07, 6.45) is 2.85. The molecule has 12 heteroatoms. The monoisotopic (exact) mass is 427 g/mol. The molecule has 0 aromatic heterocycles. The van der Waals surface area contributed by atoms with Crippen molar-refractivity contribution in [3.8, 4) is 0 Å². The summed E-state index contributed by atoms with van der Waals surface area (Å²) in [5, 5.41) is 6.16. The van der Waals surface area contributed by atoms with Gasteiger partial charge in [0.1, 0.15) is 0 Å². The number of carbonyl (C=O) groups is 1. The molecule has 0 aromatic rings. The second kappa shape index (κ2) is 9.77. The summed E-state index contributed by atoms with van der Waals surface area (Å²) in [5.74, 6) is 0.552. The molecule has 2 N–H and O–H groups in total. The first-order valence-corrected chi connectivity index (χ1v) is 11.0. The number of hydrogen-bond acceptors (Lipinski definition) is 4. The van der Waals surface area contributed by atoms with Gasteiger partial charge in [-0.2, -0.15) is 17.5 Å². The molecule has 2 saturated heterocycles. The Morgan fingerprint density at radius 3 is 2.29 bits per heavy atom. The van der Waals surface area contributed by atoms with E-state index in [4.69, 9.17) is 0 Å². The fourth-order valence-electron chi connectivity index (χ4n) is 3.29. The van der Waals surface area contributed by atoms with Crippen LogP contribution in [0.4, 0.5) is 13.2 Å². The highest BCUT2D eigenvalue weighted by molar-refractivity contribution is 7.90. The summed E-state index contributed by atoms with van der Waals surface area (Å²) in [7, 11) is -5.28. The van der Waals surface area contributed by atoms with Crippen LogP contribution in [0.2, 0.25) is 0 Å². The van der Waals surface area contributed by atoms with Gasteiger partial charge in [-0.25, -0.2) is 8.42 Å². The first kappa shape index (κ1) is 22.7. The van der Waals surface area contributed by atoms with Crippen molar-refractivity contribution in [1.82, 2.24) is 19.8 Å². The van der Waals surface area contributed by atoms with Crippen LogP contribution in [0.25, 0.3) is 0 Å². The summed E-state index contributed by atoms with van der Waals surface area (Å²) in [6.45, 7) is 3.96. The Labute approximate surface area is 163 Å². The molecule has 0 radical (unpaired) electrons. The Balaban J connectivity index is 1.83. The van der Waals surface area contributed by atoms with Crippen LogP contribution in [0.1, 0.15) is 39.0 Å². The number of piperidine rings is 1. The predicted octanol–water partition coefficient (Wildman–Crippen LogP) is 0.868. The van der Waals surface area contributed by atoms with Crippen LogP contribution >= 0.6 is 0 Å². The molecule has 2 heterocycles. The Morgan fingerprint density at radius 1 is 1.14 bits per heavy atom. The molecule has 2 aliphatic rings.